The molecule has 1 amide bonds. The molecule has 0 unspecified atom stereocenters. The van der Waals surface area contributed by atoms with Crippen molar-refractivity contribution in [2.24, 2.45) is 5.92 Å². The van der Waals surface area contributed by atoms with Crippen molar-refractivity contribution in [1.82, 2.24) is 10.2 Å². The molecule has 1 saturated heterocycles. The summed E-state index contributed by atoms with van der Waals surface area (Å²) in [5, 5.41) is 5.25. The fourth-order valence-electron chi connectivity index (χ4n) is 3.47. The largest absolute Gasteiger partial charge is 0.355 e. The molecule has 29 heavy (non-hydrogen) atoms. The number of hydrogen-bond donors (Lipinski definition) is 1. The molecule has 1 aliphatic heterocycles. The maximum absolute atomic E-state index is 12.5. The number of halogens is 3. The second-order valence-electron chi connectivity index (χ2n) is 7.22. The van der Waals surface area contributed by atoms with E-state index in [4.69, 9.17) is 34.8 Å². The quantitative estimate of drug-likeness (QED) is 0.486. The van der Waals surface area contributed by atoms with E-state index in [2.05, 4.69) is 16.3 Å². The lowest BCUT2D eigenvalue weighted by Crippen LogP contribution is -2.40. The van der Waals surface area contributed by atoms with Crippen LogP contribution in [0, 0.1) is 5.92 Å². The van der Waals surface area contributed by atoms with Gasteiger partial charge in [-0.05, 0) is 55.8 Å². The summed E-state index contributed by atoms with van der Waals surface area (Å²) in [6.07, 6.45) is 1.73. The Kier molecular flexibility index (Phi) is 9.01. The number of thioether (sulfide) groups is 1. The first kappa shape index (κ1) is 22.8. The van der Waals surface area contributed by atoms with Gasteiger partial charge in [0.25, 0.3) is 0 Å². The SMILES string of the molecule is O=C(NCCSCc1cccc(Cl)c1)C1CCN(Cc2c(Cl)cccc2Cl)CC1. The Balaban J connectivity index is 1.33. The fourth-order valence-corrected chi connectivity index (χ4v) is 5.00. The van der Waals surface area contributed by atoms with Gasteiger partial charge in [0.2, 0.25) is 5.91 Å². The van der Waals surface area contributed by atoms with E-state index < -0.39 is 0 Å². The molecule has 0 saturated carbocycles. The fraction of sp³-hybridized carbons (Fsp3) is 0.409. The number of likely N-dealkylation sites (tertiary alicyclic amines) is 1. The van der Waals surface area contributed by atoms with Gasteiger partial charge in [-0.2, -0.15) is 11.8 Å². The van der Waals surface area contributed by atoms with Crippen molar-refractivity contribution in [2.45, 2.75) is 25.1 Å². The minimum Gasteiger partial charge on any atom is -0.355 e. The van der Waals surface area contributed by atoms with Gasteiger partial charge < -0.3 is 5.32 Å². The molecule has 2 aromatic carbocycles. The average Bonchev–Trinajstić information content (AvgIpc) is 2.71. The van der Waals surface area contributed by atoms with Gasteiger partial charge in [-0.3, -0.25) is 9.69 Å². The minimum absolute atomic E-state index is 0.0888. The lowest BCUT2D eigenvalue weighted by atomic mass is 9.95. The van der Waals surface area contributed by atoms with Gasteiger partial charge in [-0.15, -0.1) is 0 Å². The summed E-state index contributed by atoms with van der Waals surface area (Å²) in [7, 11) is 0. The maximum atomic E-state index is 12.5. The highest BCUT2D eigenvalue weighted by Crippen LogP contribution is 2.27. The van der Waals surface area contributed by atoms with Gasteiger partial charge in [-0.1, -0.05) is 53.0 Å². The van der Waals surface area contributed by atoms with E-state index in [1.54, 1.807) is 11.8 Å². The first-order valence-electron chi connectivity index (χ1n) is 9.78. The van der Waals surface area contributed by atoms with E-state index in [-0.39, 0.29) is 11.8 Å². The number of nitrogens with one attached hydrogen (secondary N) is 1. The monoisotopic (exact) mass is 470 g/mol. The van der Waals surface area contributed by atoms with Gasteiger partial charge in [0.1, 0.15) is 0 Å². The molecule has 3 nitrogen and oxygen atoms in total. The van der Waals surface area contributed by atoms with Crippen LogP contribution < -0.4 is 5.32 Å². The summed E-state index contributed by atoms with van der Waals surface area (Å²) in [5.74, 6) is 2.05. The molecule has 1 N–H and O–H groups in total. The number of benzene rings is 2. The number of piperidine rings is 1. The lowest BCUT2D eigenvalue weighted by molar-refractivity contribution is -0.126. The third-order valence-electron chi connectivity index (χ3n) is 5.11. The molecule has 0 atom stereocenters. The van der Waals surface area contributed by atoms with Crippen LogP contribution in [0.2, 0.25) is 15.1 Å². The van der Waals surface area contributed by atoms with Gasteiger partial charge in [-0.25, -0.2) is 0 Å². The summed E-state index contributed by atoms with van der Waals surface area (Å²) < 4.78 is 0. The predicted octanol–water partition coefficient (Wildman–Crippen LogP) is 5.91. The number of carbonyl (C=O) groups excluding carboxylic acids is 1. The van der Waals surface area contributed by atoms with Crippen LogP contribution in [0.15, 0.2) is 42.5 Å². The molecule has 7 heteroatoms. The van der Waals surface area contributed by atoms with Gasteiger partial charge in [0.15, 0.2) is 0 Å². The van der Waals surface area contributed by atoms with Crippen molar-refractivity contribution in [3.8, 4) is 0 Å². The third-order valence-corrected chi connectivity index (χ3v) is 7.08. The number of nitrogens with zero attached hydrogens (tertiary/aromatic N) is 1. The van der Waals surface area contributed by atoms with Crippen molar-refractivity contribution in [2.75, 3.05) is 25.4 Å². The normalized spacial score (nSPS) is 15.4. The van der Waals surface area contributed by atoms with Gasteiger partial charge in [0, 0.05) is 51.1 Å². The molecule has 1 fully saturated rings. The van der Waals surface area contributed by atoms with Crippen molar-refractivity contribution in [3.05, 3.63) is 68.7 Å². The molecule has 156 valence electrons. The topological polar surface area (TPSA) is 32.3 Å². The van der Waals surface area contributed by atoms with Crippen LogP contribution in [0.1, 0.15) is 24.0 Å². The van der Waals surface area contributed by atoms with Crippen LogP contribution in [0.3, 0.4) is 0 Å². The summed E-state index contributed by atoms with van der Waals surface area (Å²) in [4.78, 5) is 14.8. The molecular weight excluding hydrogens is 447 g/mol. The second-order valence-corrected chi connectivity index (χ2v) is 9.58. The third kappa shape index (κ3) is 7.08. The van der Waals surface area contributed by atoms with Crippen LogP contribution in [0.5, 0.6) is 0 Å². The Bertz CT molecular complexity index is 805. The Morgan fingerprint density at radius 1 is 1.07 bits per heavy atom. The molecule has 1 aliphatic rings. The molecule has 0 radical (unpaired) electrons. The summed E-state index contributed by atoms with van der Waals surface area (Å²) in [5.41, 5.74) is 2.18. The molecule has 0 bridgehead atoms. The smallest absolute Gasteiger partial charge is 0.223 e. The summed E-state index contributed by atoms with van der Waals surface area (Å²) in [6.45, 7) is 3.18. The standard InChI is InChI=1S/C22H25Cl3N2OS/c23-18-4-1-3-16(13-18)15-29-12-9-26-22(28)17-7-10-27(11-8-17)14-19-20(24)5-2-6-21(19)25/h1-6,13,17H,7-12,14-15H2,(H,26,28). The van der Waals surface area contributed by atoms with Crippen molar-refractivity contribution < 1.29 is 4.79 Å². The first-order chi connectivity index (χ1) is 14.0. The molecule has 0 spiro atoms. The molecule has 3 rings (SSSR count). The average molecular weight is 472 g/mol. The second kappa shape index (κ2) is 11.5. The van der Waals surface area contributed by atoms with E-state index in [1.165, 1.54) is 5.56 Å². The molecule has 0 aliphatic carbocycles. The van der Waals surface area contributed by atoms with Crippen LogP contribution in [-0.2, 0) is 17.1 Å². The molecular formula is C22H25Cl3N2OS. The van der Waals surface area contributed by atoms with E-state index >= 15 is 0 Å². The Morgan fingerprint density at radius 3 is 2.45 bits per heavy atom. The van der Waals surface area contributed by atoms with Crippen molar-refractivity contribution in [1.29, 1.82) is 0 Å². The number of amides is 1. The molecule has 0 aromatic heterocycles. The summed E-state index contributed by atoms with van der Waals surface area (Å²) >= 11 is 20.3. The first-order valence-corrected chi connectivity index (χ1v) is 12.1. The molecule has 2 aromatic rings. The van der Waals surface area contributed by atoms with E-state index in [1.807, 2.05) is 36.4 Å². The predicted molar refractivity (Wildman–Crippen MR) is 125 cm³/mol. The Labute approximate surface area is 192 Å². The van der Waals surface area contributed by atoms with Crippen LogP contribution in [-0.4, -0.2) is 36.2 Å². The van der Waals surface area contributed by atoms with Gasteiger partial charge >= 0.3 is 0 Å². The highest BCUT2D eigenvalue weighted by Gasteiger charge is 2.25. The van der Waals surface area contributed by atoms with E-state index in [0.717, 1.165) is 54.6 Å². The Morgan fingerprint density at radius 2 is 1.76 bits per heavy atom. The zero-order chi connectivity index (χ0) is 20.6. The lowest BCUT2D eigenvalue weighted by Gasteiger charge is -2.31. The zero-order valence-electron chi connectivity index (χ0n) is 16.2. The number of hydrogen-bond acceptors (Lipinski definition) is 3. The molecule has 1 heterocycles. The van der Waals surface area contributed by atoms with E-state index in [0.29, 0.717) is 16.6 Å². The van der Waals surface area contributed by atoms with Gasteiger partial charge in [0.05, 0.1) is 0 Å². The van der Waals surface area contributed by atoms with Crippen molar-refractivity contribution >= 4 is 52.5 Å². The Hall–Kier alpha value is -0.910. The summed E-state index contributed by atoms with van der Waals surface area (Å²) in [6, 6.07) is 13.5. The zero-order valence-corrected chi connectivity index (χ0v) is 19.3. The minimum atomic E-state index is 0.0888. The van der Waals surface area contributed by atoms with E-state index in [9.17, 15) is 4.79 Å². The van der Waals surface area contributed by atoms with Crippen molar-refractivity contribution in [3.63, 3.8) is 0 Å². The number of carbonyl (C=O) groups is 1. The highest BCUT2D eigenvalue weighted by molar-refractivity contribution is 7.98. The van der Waals surface area contributed by atoms with Crippen LogP contribution in [0.4, 0.5) is 0 Å². The van der Waals surface area contributed by atoms with Crippen LogP contribution >= 0.6 is 46.6 Å². The number of rotatable bonds is 8. The van der Waals surface area contributed by atoms with Crippen LogP contribution in [0.25, 0.3) is 0 Å². The maximum Gasteiger partial charge on any atom is 0.223 e. The highest BCUT2D eigenvalue weighted by atomic mass is 35.5.